The fourth-order valence-electron chi connectivity index (χ4n) is 1.24. The third-order valence-corrected chi connectivity index (χ3v) is 2.30. The molecule has 0 atom stereocenters. The zero-order valence-corrected chi connectivity index (χ0v) is 8.92. The number of carbonyl (C=O) groups excluding carboxylic acids is 1. The maximum absolute atomic E-state index is 10.7. The molecule has 0 N–H and O–H groups in total. The second-order valence-electron chi connectivity index (χ2n) is 2.89. The van der Waals surface area contributed by atoms with Crippen LogP contribution in [0.4, 0.5) is 0 Å². The number of nitrogens with zero attached hydrogens (tertiary/aromatic N) is 1. The van der Waals surface area contributed by atoms with E-state index in [0.717, 1.165) is 0 Å². The number of aldehydes is 1. The number of aromatic nitrogens is 1. The number of hydrogen-bond acceptors (Lipinski definition) is 3. The molecule has 0 amide bonds. The molecule has 1 aromatic heterocycles. The Kier molecular flexibility index (Phi) is 2.75. The first kappa shape index (κ1) is 10.2. The largest absolute Gasteiger partial charge is 0.363 e. The zero-order chi connectivity index (χ0) is 10.8. The lowest BCUT2D eigenvalue weighted by molar-refractivity contribution is 0.112. The van der Waals surface area contributed by atoms with Gasteiger partial charge in [0.05, 0.1) is 5.56 Å². The Hall–Kier alpha value is -1.32. The standard InChI is InChI=1S/C10H5Cl2NO2/c11-8-1-6(2-9(12)3-8)10-7(4-14)5-15-13-10/h1-5H. The number of hydrogen-bond donors (Lipinski definition) is 0. The highest BCUT2D eigenvalue weighted by Crippen LogP contribution is 2.27. The molecule has 0 saturated heterocycles. The van der Waals surface area contributed by atoms with Gasteiger partial charge >= 0.3 is 0 Å². The van der Waals surface area contributed by atoms with Crippen molar-refractivity contribution in [2.75, 3.05) is 0 Å². The first-order valence-electron chi connectivity index (χ1n) is 4.06. The predicted octanol–water partition coefficient (Wildman–Crippen LogP) is 3.46. The van der Waals surface area contributed by atoms with Gasteiger partial charge in [0.15, 0.2) is 6.29 Å². The van der Waals surface area contributed by atoms with Crippen molar-refractivity contribution in [3.05, 3.63) is 40.1 Å². The lowest BCUT2D eigenvalue weighted by Crippen LogP contribution is -1.84. The fraction of sp³-hybridized carbons (Fsp3) is 0. The van der Waals surface area contributed by atoms with Crippen LogP contribution in [0.2, 0.25) is 10.0 Å². The van der Waals surface area contributed by atoms with E-state index in [1.54, 1.807) is 18.2 Å². The molecule has 0 aliphatic rings. The number of halogens is 2. The lowest BCUT2D eigenvalue weighted by atomic mass is 10.1. The van der Waals surface area contributed by atoms with Crippen LogP contribution in [0.15, 0.2) is 29.0 Å². The van der Waals surface area contributed by atoms with E-state index in [2.05, 4.69) is 5.16 Å². The minimum atomic E-state index is 0.369. The molecule has 2 aromatic rings. The normalized spacial score (nSPS) is 10.3. The summed E-state index contributed by atoms with van der Waals surface area (Å²) >= 11 is 11.7. The first-order valence-corrected chi connectivity index (χ1v) is 4.82. The molecular formula is C10H5Cl2NO2. The maximum atomic E-state index is 10.7. The molecule has 0 unspecified atom stereocenters. The Balaban J connectivity index is 2.58. The molecule has 1 aromatic carbocycles. The van der Waals surface area contributed by atoms with E-state index in [4.69, 9.17) is 27.7 Å². The van der Waals surface area contributed by atoms with Gasteiger partial charge in [0.25, 0.3) is 0 Å². The van der Waals surface area contributed by atoms with Crippen molar-refractivity contribution in [2.45, 2.75) is 0 Å². The minimum absolute atomic E-state index is 0.369. The van der Waals surface area contributed by atoms with Crippen LogP contribution in [-0.4, -0.2) is 11.4 Å². The highest BCUT2D eigenvalue weighted by Gasteiger charge is 2.10. The fourth-order valence-corrected chi connectivity index (χ4v) is 1.76. The summed E-state index contributed by atoms with van der Waals surface area (Å²) in [5.41, 5.74) is 1.46. The quantitative estimate of drug-likeness (QED) is 0.757. The third-order valence-electron chi connectivity index (χ3n) is 1.86. The molecule has 0 fully saturated rings. The van der Waals surface area contributed by atoms with Crippen molar-refractivity contribution in [1.82, 2.24) is 5.16 Å². The Morgan fingerprint density at radius 3 is 2.47 bits per heavy atom. The molecule has 0 aliphatic carbocycles. The Morgan fingerprint density at radius 2 is 1.87 bits per heavy atom. The van der Waals surface area contributed by atoms with Gasteiger partial charge in [-0.15, -0.1) is 0 Å². The van der Waals surface area contributed by atoms with Crippen LogP contribution < -0.4 is 0 Å². The summed E-state index contributed by atoms with van der Waals surface area (Å²) in [6.45, 7) is 0. The molecule has 0 aliphatic heterocycles. The number of carbonyl (C=O) groups is 1. The van der Waals surface area contributed by atoms with Gasteiger partial charge in [0, 0.05) is 15.6 Å². The van der Waals surface area contributed by atoms with Crippen molar-refractivity contribution < 1.29 is 9.32 Å². The Labute approximate surface area is 95.6 Å². The average Bonchev–Trinajstić information content (AvgIpc) is 2.63. The van der Waals surface area contributed by atoms with Crippen LogP contribution in [0, 0.1) is 0 Å². The first-order chi connectivity index (χ1) is 7.20. The van der Waals surface area contributed by atoms with E-state index < -0.39 is 0 Å². The topological polar surface area (TPSA) is 43.1 Å². The molecule has 3 nitrogen and oxygen atoms in total. The van der Waals surface area contributed by atoms with Gasteiger partial charge < -0.3 is 4.52 Å². The molecule has 0 saturated carbocycles. The zero-order valence-electron chi connectivity index (χ0n) is 7.41. The molecule has 1 heterocycles. The lowest BCUT2D eigenvalue weighted by Gasteiger charge is -1.99. The summed E-state index contributed by atoms with van der Waals surface area (Å²) in [7, 11) is 0. The Bertz CT molecular complexity index is 488. The molecule has 0 bridgehead atoms. The van der Waals surface area contributed by atoms with Crippen LogP contribution in [0.25, 0.3) is 11.3 Å². The van der Waals surface area contributed by atoms with Crippen molar-refractivity contribution >= 4 is 29.5 Å². The summed E-state index contributed by atoms with van der Waals surface area (Å²) < 4.78 is 4.70. The number of rotatable bonds is 2. The summed E-state index contributed by atoms with van der Waals surface area (Å²) in [6.07, 6.45) is 1.94. The van der Waals surface area contributed by atoms with Crippen LogP contribution in [0.5, 0.6) is 0 Å². The molecule has 15 heavy (non-hydrogen) atoms. The molecule has 2 rings (SSSR count). The highest BCUT2D eigenvalue weighted by molar-refractivity contribution is 6.35. The van der Waals surface area contributed by atoms with Crippen molar-refractivity contribution in [2.24, 2.45) is 0 Å². The van der Waals surface area contributed by atoms with Gasteiger partial charge in [-0.05, 0) is 18.2 Å². The van der Waals surface area contributed by atoms with E-state index in [-0.39, 0.29) is 0 Å². The van der Waals surface area contributed by atoms with Gasteiger partial charge in [-0.1, -0.05) is 28.4 Å². The third kappa shape index (κ3) is 2.03. The summed E-state index contributed by atoms with van der Waals surface area (Å²) in [4.78, 5) is 10.7. The second-order valence-corrected chi connectivity index (χ2v) is 3.77. The average molecular weight is 242 g/mol. The molecule has 5 heteroatoms. The minimum Gasteiger partial charge on any atom is -0.363 e. The van der Waals surface area contributed by atoms with Crippen molar-refractivity contribution in [3.8, 4) is 11.3 Å². The monoisotopic (exact) mass is 241 g/mol. The Morgan fingerprint density at radius 1 is 1.20 bits per heavy atom. The van der Waals surface area contributed by atoms with Gasteiger partial charge in [-0.25, -0.2) is 0 Å². The molecule has 76 valence electrons. The van der Waals surface area contributed by atoms with E-state index in [0.29, 0.717) is 33.2 Å². The smallest absolute Gasteiger partial charge is 0.155 e. The van der Waals surface area contributed by atoms with Crippen LogP contribution in [-0.2, 0) is 0 Å². The van der Waals surface area contributed by atoms with Gasteiger partial charge in [0.1, 0.15) is 12.0 Å². The van der Waals surface area contributed by atoms with Crippen molar-refractivity contribution in [3.63, 3.8) is 0 Å². The highest BCUT2D eigenvalue weighted by atomic mass is 35.5. The van der Waals surface area contributed by atoms with Gasteiger partial charge in [-0.2, -0.15) is 0 Å². The van der Waals surface area contributed by atoms with Gasteiger partial charge in [-0.3, -0.25) is 4.79 Å². The van der Waals surface area contributed by atoms with E-state index >= 15 is 0 Å². The number of benzene rings is 1. The summed E-state index contributed by atoms with van der Waals surface area (Å²) in [6, 6.07) is 4.93. The molecular weight excluding hydrogens is 237 g/mol. The van der Waals surface area contributed by atoms with Gasteiger partial charge in [0.2, 0.25) is 0 Å². The molecule has 0 spiro atoms. The SMILES string of the molecule is O=Cc1conc1-c1cc(Cl)cc(Cl)c1. The van der Waals surface area contributed by atoms with E-state index in [9.17, 15) is 4.79 Å². The van der Waals surface area contributed by atoms with Crippen LogP contribution in [0.3, 0.4) is 0 Å². The van der Waals surface area contributed by atoms with E-state index in [1.807, 2.05) is 0 Å². The van der Waals surface area contributed by atoms with E-state index in [1.165, 1.54) is 6.26 Å². The van der Waals surface area contributed by atoms with Crippen LogP contribution in [0.1, 0.15) is 10.4 Å². The van der Waals surface area contributed by atoms with Crippen LogP contribution >= 0.6 is 23.2 Å². The second kappa shape index (κ2) is 4.04. The summed E-state index contributed by atoms with van der Waals surface area (Å²) in [5.74, 6) is 0. The summed E-state index contributed by atoms with van der Waals surface area (Å²) in [5, 5.41) is 4.68. The predicted molar refractivity (Wildman–Crippen MR) is 57.3 cm³/mol. The molecule has 0 radical (unpaired) electrons. The van der Waals surface area contributed by atoms with Crippen molar-refractivity contribution in [1.29, 1.82) is 0 Å². The maximum Gasteiger partial charge on any atom is 0.155 e.